The van der Waals surface area contributed by atoms with Gasteiger partial charge in [0, 0.05) is 38.3 Å². The van der Waals surface area contributed by atoms with Crippen molar-refractivity contribution in [3.8, 4) is 0 Å². The van der Waals surface area contributed by atoms with Gasteiger partial charge in [-0.05, 0) is 26.9 Å². The molecule has 0 amide bonds. The van der Waals surface area contributed by atoms with Crippen molar-refractivity contribution in [2.45, 2.75) is 32.9 Å². The summed E-state index contributed by atoms with van der Waals surface area (Å²) in [7, 11) is 4.30. The van der Waals surface area contributed by atoms with E-state index in [0.29, 0.717) is 12.1 Å². The van der Waals surface area contributed by atoms with Crippen LogP contribution in [-0.4, -0.2) is 62.2 Å². The van der Waals surface area contributed by atoms with Crippen LogP contribution in [-0.2, 0) is 0 Å². The first-order valence-corrected chi connectivity index (χ1v) is 6.13. The van der Waals surface area contributed by atoms with E-state index in [4.69, 9.17) is 0 Å². The molecule has 3 nitrogen and oxygen atoms in total. The van der Waals surface area contributed by atoms with Crippen LogP contribution < -0.4 is 5.32 Å². The van der Waals surface area contributed by atoms with Crippen molar-refractivity contribution in [2.75, 3.05) is 40.3 Å². The zero-order valence-electron chi connectivity index (χ0n) is 11.0. The Labute approximate surface area is 94.8 Å². The number of rotatable bonds is 4. The molecule has 1 fully saturated rings. The second kappa shape index (κ2) is 5.83. The van der Waals surface area contributed by atoms with E-state index < -0.39 is 0 Å². The highest BCUT2D eigenvalue weighted by Gasteiger charge is 2.27. The first-order chi connectivity index (χ1) is 7.00. The van der Waals surface area contributed by atoms with Crippen molar-refractivity contribution in [1.29, 1.82) is 0 Å². The molecule has 1 aliphatic rings. The molecule has 0 bridgehead atoms. The Morgan fingerprint density at radius 1 is 1.40 bits per heavy atom. The minimum Gasteiger partial charge on any atom is -0.311 e. The molecule has 0 aromatic carbocycles. The predicted octanol–water partition coefficient (Wildman–Crippen LogP) is 0.866. The fourth-order valence-electron chi connectivity index (χ4n) is 2.25. The van der Waals surface area contributed by atoms with Crippen molar-refractivity contribution in [2.24, 2.45) is 5.92 Å². The lowest BCUT2D eigenvalue weighted by atomic mass is 9.99. The molecule has 0 aromatic heterocycles. The van der Waals surface area contributed by atoms with Crippen LogP contribution in [0.25, 0.3) is 0 Å². The van der Waals surface area contributed by atoms with E-state index >= 15 is 0 Å². The molecule has 0 saturated carbocycles. The van der Waals surface area contributed by atoms with Gasteiger partial charge in [0.25, 0.3) is 0 Å². The summed E-state index contributed by atoms with van der Waals surface area (Å²) >= 11 is 0. The smallest absolute Gasteiger partial charge is 0.0244 e. The number of hydrogen-bond acceptors (Lipinski definition) is 3. The second-order valence-corrected chi connectivity index (χ2v) is 5.42. The quantitative estimate of drug-likeness (QED) is 0.747. The molecule has 0 aromatic rings. The highest BCUT2D eigenvalue weighted by Crippen LogP contribution is 2.14. The molecule has 1 aliphatic heterocycles. The fourth-order valence-corrected chi connectivity index (χ4v) is 2.25. The van der Waals surface area contributed by atoms with Gasteiger partial charge in [0.2, 0.25) is 0 Å². The largest absolute Gasteiger partial charge is 0.311 e. The molecule has 2 atom stereocenters. The molecule has 0 aliphatic carbocycles. The normalized spacial score (nSPS) is 29.0. The summed E-state index contributed by atoms with van der Waals surface area (Å²) in [5.41, 5.74) is 0. The van der Waals surface area contributed by atoms with Gasteiger partial charge >= 0.3 is 0 Å². The molecule has 1 rings (SSSR count). The minimum atomic E-state index is 0.641. The molecule has 90 valence electrons. The maximum atomic E-state index is 3.58. The van der Waals surface area contributed by atoms with Crippen LogP contribution >= 0.6 is 0 Å². The Bertz CT molecular complexity index is 180. The van der Waals surface area contributed by atoms with Gasteiger partial charge in [0.05, 0.1) is 0 Å². The monoisotopic (exact) mass is 213 g/mol. The van der Waals surface area contributed by atoms with Gasteiger partial charge < -0.3 is 10.2 Å². The summed E-state index contributed by atoms with van der Waals surface area (Å²) < 4.78 is 0. The zero-order valence-corrected chi connectivity index (χ0v) is 11.0. The molecule has 1 N–H and O–H groups in total. The van der Waals surface area contributed by atoms with Crippen LogP contribution in [0.5, 0.6) is 0 Å². The van der Waals surface area contributed by atoms with Crippen LogP contribution in [0.15, 0.2) is 0 Å². The summed E-state index contributed by atoms with van der Waals surface area (Å²) in [5, 5.41) is 3.58. The molecule has 2 unspecified atom stereocenters. The number of likely N-dealkylation sites (N-methyl/N-ethyl adjacent to an activating group) is 1. The van der Waals surface area contributed by atoms with Gasteiger partial charge in [0.1, 0.15) is 0 Å². The van der Waals surface area contributed by atoms with E-state index in [9.17, 15) is 0 Å². The summed E-state index contributed by atoms with van der Waals surface area (Å²) in [4.78, 5) is 4.91. The van der Waals surface area contributed by atoms with Crippen LogP contribution in [0, 0.1) is 5.92 Å². The van der Waals surface area contributed by atoms with E-state index in [0.717, 1.165) is 19.0 Å². The van der Waals surface area contributed by atoms with Crippen molar-refractivity contribution in [1.82, 2.24) is 15.1 Å². The molecular formula is C12H27N3. The third-order valence-electron chi connectivity index (χ3n) is 3.26. The van der Waals surface area contributed by atoms with Crippen molar-refractivity contribution >= 4 is 0 Å². The van der Waals surface area contributed by atoms with Gasteiger partial charge in [-0.1, -0.05) is 13.8 Å². The Morgan fingerprint density at radius 3 is 2.60 bits per heavy atom. The average molecular weight is 213 g/mol. The van der Waals surface area contributed by atoms with Crippen LogP contribution in [0.1, 0.15) is 20.8 Å². The second-order valence-electron chi connectivity index (χ2n) is 5.42. The zero-order chi connectivity index (χ0) is 11.4. The standard InChI is InChI=1S/C12H27N3/c1-10(2)12-8-13-11(3)9-15(12)7-6-14(4)5/h10-13H,6-9H2,1-5H3. The fraction of sp³-hybridized carbons (Fsp3) is 1.00. The first kappa shape index (κ1) is 12.9. The molecule has 1 saturated heterocycles. The number of piperazine rings is 1. The first-order valence-electron chi connectivity index (χ1n) is 6.13. The average Bonchev–Trinajstić information content (AvgIpc) is 2.14. The van der Waals surface area contributed by atoms with E-state index in [1.165, 1.54) is 13.1 Å². The van der Waals surface area contributed by atoms with Crippen LogP contribution in [0.2, 0.25) is 0 Å². The lowest BCUT2D eigenvalue weighted by Crippen LogP contribution is -2.58. The summed E-state index contributed by atoms with van der Waals surface area (Å²) in [6.07, 6.45) is 0. The van der Waals surface area contributed by atoms with Crippen LogP contribution in [0.3, 0.4) is 0 Å². The lowest BCUT2D eigenvalue weighted by Gasteiger charge is -2.41. The molecule has 15 heavy (non-hydrogen) atoms. The van der Waals surface area contributed by atoms with E-state index in [1.807, 2.05) is 0 Å². The van der Waals surface area contributed by atoms with Gasteiger partial charge in [-0.15, -0.1) is 0 Å². The molecular weight excluding hydrogens is 186 g/mol. The highest BCUT2D eigenvalue weighted by atomic mass is 15.2. The highest BCUT2D eigenvalue weighted by molar-refractivity contribution is 4.86. The van der Waals surface area contributed by atoms with Gasteiger partial charge in [-0.25, -0.2) is 0 Å². The van der Waals surface area contributed by atoms with Crippen molar-refractivity contribution in [3.05, 3.63) is 0 Å². The maximum absolute atomic E-state index is 3.58. The Balaban J connectivity index is 2.46. The number of nitrogens with zero attached hydrogens (tertiary/aromatic N) is 2. The van der Waals surface area contributed by atoms with E-state index in [1.54, 1.807) is 0 Å². The van der Waals surface area contributed by atoms with E-state index in [2.05, 4.69) is 50.0 Å². The van der Waals surface area contributed by atoms with Crippen molar-refractivity contribution < 1.29 is 0 Å². The van der Waals surface area contributed by atoms with E-state index in [-0.39, 0.29) is 0 Å². The Kier molecular flexibility index (Phi) is 5.03. The summed E-state index contributed by atoms with van der Waals surface area (Å²) in [6, 6.07) is 1.35. The maximum Gasteiger partial charge on any atom is 0.0244 e. The summed E-state index contributed by atoms with van der Waals surface area (Å²) in [5.74, 6) is 0.743. The minimum absolute atomic E-state index is 0.641. The molecule has 0 radical (unpaired) electrons. The SMILES string of the molecule is CC1CN(CCN(C)C)C(C(C)C)CN1. The number of hydrogen-bond donors (Lipinski definition) is 1. The topological polar surface area (TPSA) is 18.5 Å². The van der Waals surface area contributed by atoms with Gasteiger partial charge in [-0.2, -0.15) is 0 Å². The molecule has 1 heterocycles. The Morgan fingerprint density at radius 2 is 2.07 bits per heavy atom. The molecule has 3 heteroatoms. The summed E-state index contributed by atoms with van der Waals surface area (Å²) in [6.45, 7) is 11.6. The van der Waals surface area contributed by atoms with Crippen LogP contribution in [0.4, 0.5) is 0 Å². The third-order valence-corrected chi connectivity index (χ3v) is 3.26. The predicted molar refractivity (Wildman–Crippen MR) is 66.2 cm³/mol. The molecule has 0 spiro atoms. The lowest BCUT2D eigenvalue weighted by molar-refractivity contribution is 0.0952. The third kappa shape index (κ3) is 4.09. The van der Waals surface area contributed by atoms with Gasteiger partial charge in [-0.3, -0.25) is 4.90 Å². The van der Waals surface area contributed by atoms with Crippen molar-refractivity contribution in [3.63, 3.8) is 0 Å². The Hall–Kier alpha value is -0.120. The van der Waals surface area contributed by atoms with Gasteiger partial charge in [0.15, 0.2) is 0 Å². The number of nitrogens with one attached hydrogen (secondary N) is 1.